The lowest BCUT2D eigenvalue weighted by Crippen LogP contribution is -2.38. The number of rotatable bonds is 4. The molecule has 3 heterocycles. The topological polar surface area (TPSA) is 89.2 Å². The van der Waals surface area contributed by atoms with Gasteiger partial charge in [0.1, 0.15) is 5.82 Å². The van der Waals surface area contributed by atoms with E-state index in [2.05, 4.69) is 10.1 Å². The molecular formula is C15H21N5O2. The van der Waals surface area contributed by atoms with E-state index >= 15 is 0 Å². The van der Waals surface area contributed by atoms with Crippen molar-refractivity contribution in [2.45, 2.75) is 32.0 Å². The number of carbonyl (C=O) groups excluding carboxylic acids is 1. The number of carbonyl (C=O) groups is 1. The number of anilines is 1. The maximum atomic E-state index is 12.8. The highest BCUT2D eigenvalue weighted by Crippen LogP contribution is 2.24. The molecule has 1 aliphatic heterocycles. The second kappa shape index (κ2) is 5.84. The molecule has 7 nitrogen and oxygen atoms in total. The summed E-state index contributed by atoms with van der Waals surface area (Å²) in [4.78, 5) is 17.7. The normalized spacial score (nSPS) is 21.5. The molecule has 3 rings (SSSR count). The molecular weight excluding hydrogens is 282 g/mol. The quantitative estimate of drug-likeness (QED) is 0.883. The summed E-state index contributed by atoms with van der Waals surface area (Å²) in [5.74, 6) is 0.518. The maximum Gasteiger partial charge on any atom is 0.256 e. The molecule has 0 spiro atoms. The van der Waals surface area contributed by atoms with Crippen LogP contribution in [0.1, 0.15) is 22.3 Å². The molecule has 1 fully saturated rings. The number of likely N-dealkylation sites (tertiary alicyclic amines) is 1. The van der Waals surface area contributed by atoms with Crippen molar-refractivity contribution in [1.29, 1.82) is 0 Å². The van der Waals surface area contributed by atoms with Crippen molar-refractivity contribution in [1.82, 2.24) is 19.7 Å². The number of nitrogens with two attached hydrogens (primary N) is 1. The highest BCUT2D eigenvalue weighted by Gasteiger charge is 2.36. The molecule has 118 valence electrons. The third-order valence-corrected chi connectivity index (χ3v) is 4.21. The van der Waals surface area contributed by atoms with Crippen molar-refractivity contribution >= 4 is 11.7 Å². The Morgan fingerprint density at radius 3 is 2.95 bits per heavy atom. The monoisotopic (exact) mass is 303 g/mol. The number of aromatic nitrogens is 3. The van der Waals surface area contributed by atoms with E-state index in [9.17, 15) is 4.79 Å². The van der Waals surface area contributed by atoms with Gasteiger partial charge in [-0.3, -0.25) is 9.48 Å². The zero-order valence-corrected chi connectivity index (χ0v) is 12.8. The van der Waals surface area contributed by atoms with Gasteiger partial charge in [-0.15, -0.1) is 0 Å². The summed E-state index contributed by atoms with van der Waals surface area (Å²) >= 11 is 0. The lowest BCUT2D eigenvalue weighted by Gasteiger charge is -2.24. The summed E-state index contributed by atoms with van der Waals surface area (Å²) in [6, 6.07) is 1.80. The van der Waals surface area contributed by atoms with Crippen LogP contribution in [-0.2, 0) is 11.3 Å². The Bertz CT molecular complexity index is 662. The molecule has 0 aliphatic carbocycles. The van der Waals surface area contributed by atoms with Crippen LogP contribution in [0.4, 0.5) is 5.82 Å². The van der Waals surface area contributed by atoms with Gasteiger partial charge in [-0.1, -0.05) is 0 Å². The van der Waals surface area contributed by atoms with Crippen LogP contribution in [0.25, 0.3) is 0 Å². The van der Waals surface area contributed by atoms with Gasteiger partial charge in [0.25, 0.3) is 5.91 Å². The van der Waals surface area contributed by atoms with Crippen LogP contribution in [0.3, 0.4) is 0 Å². The highest BCUT2D eigenvalue weighted by atomic mass is 16.5. The van der Waals surface area contributed by atoms with Gasteiger partial charge < -0.3 is 20.4 Å². The first-order valence-corrected chi connectivity index (χ1v) is 7.34. The van der Waals surface area contributed by atoms with E-state index in [0.29, 0.717) is 24.5 Å². The molecule has 0 bridgehead atoms. The average Bonchev–Trinajstić information content (AvgIpc) is 3.19. The van der Waals surface area contributed by atoms with Gasteiger partial charge in [-0.25, -0.2) is 0 Å². The van der Waals surface area contributed by atoms with Crippen molar-refractivity contribution < 1.29 is 9.53 Å². The van der Waals surface area contributed by atoms with Crippen LogP contribution in [-0.4, -0.2) is 51.4 Å². The van der Waals surface area contributed by atoms with Gasteiger partial charge in [0, 0.05) is 32.2 Å². The number of ether oxygens (including phenoxy) is 1. The molecule has 22 heavy (non-hydrogen) atoms. The summed E-state index contributed by atoms with van der Waals surface area (Å²) in [6.45, 7) is 3.14. The number of aryl methyl sites for hydroxylation is 1. The van der Waals surface area contributed by atoms with E-state index in [0.717, 1.165) is 12.0 Å². The van der Waals surface area contributed by atoms with Crippen molar-refractivity contribution in [3.63, 3.8) is 0 Å². The van der Waals surface area contributed by atoms with Crippen molar-refractivity contribution in [2.75, 3.05) is 19.4 Å². The first-order valence-electron chi connectivity index (χ1n) is 7.34. The number of hydrogen-bond donors (Lipinski definition) is 2. The van der Waals surface area contributed by atoms with Crippen LogP contribution < -0.4 is 5.73 Å². The zero-order chi connectivity index (χ0) is 15.7. The number of nitrogens with one attached hydrogen (secondary N) is 1. The molecule has 7 heteroatoms. The summed E-state index contributed by atoms with van der Waals surface area (Å²) in [5.41, 5.74) is 7.32. The predicted octanol–water partition coefficient (Wildman–Crippen LogP) is 1.03. The summed E-state index contributed by atoms with van der Waals surface area (Å²) in [6.07, 6.45) is 6.27. The van der Waals surface area contributed by atoms with E-state index in [4.69, 9.17) is 10.5 Å². The van der Waals surface area contributed by atoms with Crippen molar-refractivity contribution in [3.05, 3.63) is 35.8 Å². The SMILES string of the molecule is CO[C@@H]1C[C@@H](Cn2ccc(N)n2)N(C(=O)c2c[nH]cc2C)C1. The minimum Gasteiger partial charge on any atom is -0.382 e. The van der Waals surface area contributed by atoms with Crippen LogP contribution >= 0.6 is 0 Å². The predicted molar refractivity (Wildman–Crippen MR) is 82.4 cm³/mol. The van der Waals surface area contributed by atoms with E-state index in [1.807, 2.05) is 24.2 Å². The fourth-order valence-electron chi connectivity index (χ4n) is 2.99. The largest absolute Gasteiger partial charge is 0.382 e. The molecule has 2 atom stereocenters. The molecule has 0 aromatic carbocycles. The summed E-state index contributed by atoms with van der Waals surface area (Å²) in [5, 5.41) is 4.21. The highest BCUT2D eigenvalue weighted by molar-refractivity contribution is 5.95. The average molecular weight is 303 g/mol. The Labute approximate surface area is 129 Å². The molecule has 2 aromatic heterocycles. The lowest BCUT2D eigenvalue weighted by molar-refractivity contribution is 0.0678. The zero-order valence-electron chi connectivity index (χ0n) is 12.8. The Balaban J connectivity index is 1.80. The van der Waals surface area contributed by atoms with Gasteiger partial charge in [0.05, 0.1) is 24.3 Å². The number of nitrogen functional groups attached to an aromatic ring is 1. The Kier molecular flexibility index (Phi) is 3.89. The third-order valence-electron chi connectivity index (χ3n) is 4.21. The minimum atomic E-state index is 0.0310. The first kappa shape index (κ1) is 14.6. The van der Waals surface area contributed by atoms with Crippen LogP contribution in [0, 0.1) is 6.92 Å². The standard InChI is InChI=1S/C15H21N5O2/c1-10-6-17-7-13(10)15(21)20-9-12(22-2)5-11(20)8-19-4-3-14(16)18-19/h3-4,6-7,11-12,17H,5,8-9H2,1-2H3,(H2,16,18)/t11-,12+/m0/s1. The van der Waals surface area contributed by atoms with Crippen molar-refractivity contribution in [2.24, 2.45) is 0 Å². The fourth-order valence-corrected chi connectivity index (χ4v) is 2.99. The number of nitrogens with zero attached hydrogens (tertiary/aromatic N) is 3. The Morgan fingerprint density at radius 2 is 2.36 bits per heavy atom. The molecule has 1 saturated heterocycles. The molecule has 1 aliphatic rings. The first-order chi connectivity index (χ1) is 10.6. The molecule has 0 radical (unpaired) electrons. The maximum absolute atomic E-state index is 12.8. The molecule has 1 amide bonds. The minimum absolute atomic E-state index is 0.0310. The smallest absolute Gasteiger partial charge is 0.256 e. The third kappa shape index (κ3) is 2.71. The Morgan fingerprint density at radius 1 is 1.55 bits per heavy atom. The van der Waals surface area contributed by atoms with Crippen molar-refractivity contribution in [3.8, 4) is 0 Å². The molecule has 2 aromatic rings. The Hall–Kier alpha value is -2.28. The lowest BCUT2D eigenvalue weighted by atomic mass is 10.1. The van der Waals surface area contributed by atoms with Gasteiger partial charge >= 0.3 is 0 Å². The van der Waals surface area contributed by atoms with Crippen LogP contribution in [0.2, 0.25) is 0 Å². The van der Waals surface area contributed by atoms with E-state index in [-0.39, 0.29) is 18.1 Å². The fraction of sp³-hybridized carbons (Fsp3) is 0.467. The van der Waals surface area contributed by atoms with Crippen LogP contribution in [0.5, 0.6) is 0 Å². The van der Waals surface area contributed by atoms with E-state index < -0.39 is 0 Å². The van der Waals surface area contributed by atoms with Gasteiger partial charge in [0.15, 0.2) is 0 Å². The summed E-state index contributed by atoms with van der Waals surface area (Å²) in [7, 11) is 1.68. The molecule has 3 N–H and O–H groups in total. The number of aromatic amines is 1. The van der Waals surface area contributed by atoms with E-state index in [1.165, 1.54) is 0 Å². The van der Waals surface area contributed by atoms with Crippen LogP contribution in [0.15, 0.2) is 24.7 Å². The van der Waals surface area contributed by atoms with Gasteiger partial charge in [-0.2, -0.15) is 5.10 Å². The number of methoxy groups -OCH3 is 1. The van der Waals surface area contributed by atoms with Gasteiger partial charge in [-0.05, 0) is 25.0 Å². The molecule has 0 saturated carbocycles. The number of H-pyrrole nitrogens is 1. The second-order valence-electron chi connectivity index (χ2n) is 5.72. The van der Waals surface area contributed by atoms with Gasteiger partial charge in [0.2, 0.25) is 0 Å². The molecule has 0 unspecified atom stereocenters. The second-order valence-corrected chi connectivity index (χ2v) is 5.72. The summed E-state index contributed by atoms with van der Waals surface area (Å²) < 4.78 is 7.24. The number of hydrogen-bond acceptors (Lipinski definition) is 4. The van der Waals surface area contributed by atoms with E-state index in [1.54, 1.807) is 24.1 Å². The number of amides is 1.